The lowest BCUT2D eigenvalue weighted by molar-refractivity contribution is 0.365. The van der Waals surface area contributed by atoms with E-state index in [1.165, 1.54) is 0 Å². The smallest absolute Gasteiger partial charge is 0.0681 e. The zero-order chi connectivity index (χ0) is 8.36. The minimum atomic E-state index is 0.0457. The molecule has 0 aliphatic heterocycles. The van der Waals surface area contributed by atoms with E-state index < -0.39 is 0 Å². The fourth-order valence-electron chi connectivity index (χ4n) is 0.422. The molecule has 0 rings (SSSR count). The van der Waals surface area contributed by atoms with Crippen molar-refractivity contribution >= 4 is 22.6 Å². The second kappa shape index (κ2) is 3.57. The predicted octanol–water partition coefficient (Wildman–Crippen LogP) is 1.59. The SMILES string of the molecule is CC(C)(C)C(N)/C=C(\N)I. The Labute approximate surface area is 76.2 Å². The molecule has 0 amide bonds. The molecular formula is C7H15IN2. The van der Waals surface area contributed by atoms with Crippen molar-refractivity contribution in [1.29, 1.82) is 0 Å². The van der Waals surface area contributed by atoms with Crippen molar-refractivity contribution in [2.45, 2.75) is 26.8 Å². The molecule has 0 aliphatic rings. The van der Waals surface area contributed by atoms with Gasteiger partial charge in [-0.25, -0.2) is 0 Å². The maximum atomic E-state index is 5.79. The summed E-state index contributed by atoms with van der Waals surface area (Å²) in [5, 5.41) is 0. The van der Waals surface area contributed by atoms with Crippen molar-refractivity contribution in [1.82, 2.24) is 0 Å². The molecule has 0 aromatic heterocycles. The molecule has 60 valence electrons. The van der Waals surface area contributed by atoms with Gasteiger partial charge in [0.25, 0.3) is 0 Å². The summed E-state index contributed by atoms with van der Waals surface area (Å²) in [6.45, 7) is 6.27. The Bertz CT molecular complexity index is 131. The minimum Gasteiger partial charge on any atom is -0.394 e. The third-order valence-electron chi connectivity index (χ3n) is 1.34. The van der Waals surface area contributed by atoms with Crippen LogP contribution in [0.2, 0.25) is 0 Å². The van der Waals surface area contributed by atoms with E-state index in [0.29, 0.717) is 0 Å². The number of nitrogens with two attached hydrogens (primary N) is 2. The molecule has 1 unspecified atom stereocenters. The molecule has 2 nitrogen and oxygen atoms in total. The van der Waals surface area contributed by atoms with E-state index in [1.54, 1.807) is 0 Å². The second-order valence-electron chi connectivity index (χ2n) is 3.44. The van der Waals surface area contributed by atoms with Crippen LogP contribution in [-0.4, -0.2) is 6.04 Å². The average Bonchev–Trinajstić information content (AvgIpc) is 1.60. The highest BCUT2D eigenvalue weighted by Crippen LogP contribution is 2.19. The second-order valence-corrected chi connectivity index (χ2v) is 4.69. The Morgan fingerprint density at radius 2 is 1.90 bits per heavy atom. The van der Waals surface area contributed by atoms with E-state index >= 15 is 0 Å². The van der Waals surface area contributed by atoms with Gasteiger partial charge in [-0.3, -0.25) is 0 Å². The molecule has 0 aromatic rings. The highest BCUT2D eigenvalue weighted by Gasteiger charge is 2.17. The monoisotopic (exact) mass is 254 g/mol. The normalized spacial score (nSPS) is 17.1. The summed E-state index contributed by atoms with van der Waals surface area (Å²) in [5.41, 5.74) is 11.4. The van der Waals surface area contributed by atoms with Crippen LogP contribution in [0.5, 0.6) is 0 Å². The lowest BCUT2D eigenvalue weighted by Gasteiger charge is -2.23. The van der Waals surface area contributed by atoms with Crippen molar-refractivity contribution < 1.29 is 0 Å². The fraction of sp³-hybridized carbons (Fsp3) is 0.714. The summed E-state index contributed by atoms with van der Waals surface area (Å²) in [7, 11) is 0. The van der Waals surface area contributed by atoms with Crippen LogP contribution >= 0.6 is 22.6 Å². The van der Waals surface area contributed by atoms with Crippen LogP contribution in [0.3, 0.4) is 0 Å². The van der Waals surface area contributed by atoms with Crippen LogP contribution in [0.15, 0.2) is 9.78 Å². The Morgan fingerprint density at radius 3 is 2.00 bits per heavy atom. The first-order chi connectivity index (χ1) is 4.34. The highest BCUT2D eigenvalue weighted by atomic mass is 127. The van der Waals surface area contributed by atoms with Crippen LogP contribution in [0.1, 0.15) is 20.8 Å². The zero-order valence-corrected chi connectivity index (χ0v) is 8.84. The molecule has 0 radical (unpaired) electrons. The predicted molar refractivity (Wildman–Crippen MR) is 53.7 cm³/mol. The van der Waals surface area contributed by atoms with Gasteiger partial charge in [0, 0.05) is 6.04 Å². The Hall–Kier alpha value is 0.230. The van der Waals surface area contributed by atoms with Crippen LogP contribution in [0.25, 0.3) is 0 Å². The number of hydrogen-bond donors (Lipinski definition) is 2. The number of rotatable bonds is 1. The molecule has 0 aromatic carbocycles. The Balaban J connectivity index is 4.11. The number of halogens is 1. The summed E-state index contributed by atoms with van der Waals surface area (Å²) < 4.78 is 0.764. The topological polar surface area (TPSA) is 52.0 Å². The first kappa shape index (κ1) is 10.2. The van der Waals surface area contributed by atoms with Crippen molar-refractivity contribution in [2.75, 3.05) is 0 Å². The molecule has 10 heavy (non-hydrogen) atoms. The highest BCUT2D eigenvalue weighted by molar-refractivity contribution is 14.1. The van der Waals surface area contributed by atoms with E-state index in [1.807, 2.05) is 6.08 Å². The van der Waals surface area contributed by atoms with Gasteiger partial charge < -0.3 is 11.5 Å². The van der Waals surface area contributed by atoms with Crippen LogP contribution < -0.4 is 11.5 Å². The van der Waals surface area contributed by atoms with Gasteiger partial charge in [0.05, 0.1) is 3.70 Å². The molecule has 0 saturated carbocycles. The fourth-order valence-corrected chi connectivity index (χ4v) is 0.809. The van der Waals surface area contributed by atoms with Gasteiger partial charge in [-0.15, -0.1) is 0 Å². The maximum Gasteiger partial charge on any atom is 0.0681 e. The molecule has 0 heterocycles. The van der Waals surface area contributed by atoms with Crippen molar-refractivity contribution in [3.05, 3.63) is 9.78 Å². The lowest BCUT2D eigenvalue weighted by atomic mass is 9.87. The summed E-state index contributed by atoms with van der Waals surface area (Å²) in [6.07, 6.45) is 1.88. The lowest BCUT2D eigenvalue weighted by Crippen LogP contribution is -2.33. The molecular weight excluding hydrogens is 239 g/mol. The molecule has 0 saturated heterocycles. The van der Waals surface area contributed by atoms with Crippen LogP contribution in [-0.2, 0) is 0 Å². The zero-order valence-electron chi connectivity index (χ0n) is 6.69. The third-order valence-corrected chi connectivity index (χ3v) is 1.70. The third kappa shape index (κ3) is 4.11. The van der Waals surface area contributed by atoms with Gasteiger partial charge in [-0.1, -0.05) is 20.8 Å². The van der Waals surface area contributed by atoms with Crippen molar-refractivity contribution in [2.24, 2.45) is 16.9 Å². The van der Waals surface area contributed by atoms with E-state index in [2.05, 4.69) is 43.4 Å². The van der Waals surface area contributed by atoms with Gasteiger partial charge in [-0.2, -0.15) is 0 Å². The van der Waals surface area contributed by atoms with Crippen LogP contribution in [0, 0.1) is 5.41 Å². The standard InChI is InChI=1S/C7H15IN2/c1-7(2,3)5(9)4-6(8)10/h4-5H,9-10H2,1-3H3/b6-4-. The van der Waals surface area contributed by atoms with Gasteiger partial charge in [-0.05, 0) is 34.1 Å². The average molecular weight is 254 g/mol. The molecule has 1 atom stereocenters. The molecule has 0 spiro atoms. The van der Waals surface area contributed by atoms with Gasteiger partial charge in [0.1, 0.15) is 0 Å². The minimum absolute atomic E-state index is 0.0457. The number of hydrogen-bond acceptors (Lipinski definition) is 2. The Kier molecular flexibility index (Phi) is 3.65. The van der Waals surface area contributed by atoms with E-state index in [-0.39, 0.29) is 11.5 Å². The molecule has 0 aliphatic carbocycles. The first-order valence-electron chi connectivity index (χ1n) is 3.22. The van der Waals surface area contributed by atoms with E-state index in [9.17, 15) is 0 Å². The summed E-state index contributed by atoms with van der Waals surface area (Å²) in [5.74, 6) is 0. The first-order valence-corrected chi connectivity index (χ1v) is 4.30. The van der Waals surface area contributed by atoms with Gasteiger partial charge >= 0.3 is 0 Å². The van der Waals surface area contributed by atoms with E-state index in [4.69, 9.17) is 11.5 Å². The molecule has 0 fully saturated rings. The van der Waals surface area contributed by atoms with Crippen LogP contribution in [0.4, 0.5) is 0 Å². The van der Waals surface area contributed by atoms with Crippen molar-refractivity contribution in [3.63, 3.8) is 0 Å². The van der Waals surface area contributed by atoms with Gasteiger partial charge in [0.15, 0.2) is 0 Å². The maximum absolute atomic E-state index is 5.79. The molecule has 0 bridgehead atoms. The van der Waals surface area contributed by atoms with Gasteiger partial charge in [0.2, 0.25) is 0 Å². The quantitative estimate of drug-likeness (QED) is 0.551. The Morgan fingerprint density at radius 1 is 1.50 bits per heavy atom. The van der Waals surface area contributed by atoms with Crippen molar-refractivity contribution in [3.8, 4) is 0 Å². The summed E-state index contributed by atoms with van der Waals surface area (Å²) >= 11 is 2.06. The summed E-state index contributed by atoms with van der Waals surface area (Å²) in [6, 6.07) is 0.0457. The molecule has 4 N–H and O–H groups in total. The largest absolute Gasteiger partial charge is 0.394 e. The summed E-state index contributed by atoms with van der Waals surface area (Å²) in [4.78, 5) is 0. The van der Waals surface area contributed by atoms with E-state index in [0.717, 1.165) is 3.70 Å². The molecule has 3 heteroatoms.